The first-order valence-corrected chi connectivity index (χ1v) is 6.70. The van der Waals surface area contributed by atoms with Gasteiger partial charge >= 0.3 is 0 Å². The number of piperidine rings is 1. The van der Waals surface area contributed by atoms with Crippen LogP contribution in [0.15, 0.2) is 0 Å². The second kappa shape index (κ2) is 4.84. The molecule has 88 valence electrons. The molecule has 2 N–H and O–H groups in total. The first-order chi connectivity index (χ1) is 7.17. The van der Waals surface area contributed by atoms with E-state index in [1.54, 1.807) is 0 Å². The van der Waals surface area contributed by atoms with E-state index in [0.717, 1.165) is 6.04 Å². The third-order valence-corrected chi connectivity index (χ3v) is 4.28. The Kier molecular flexibility index (Phi) is 3.68. The lowest BCUT2D eigenvalue weighted by Gasteiger charge is -2.40. The molecule has 1 aliphatic carbocycles. The number of rotatable bonds is 1. The zero-order chi connectivity index (χ0) is 10.7. The maximum Gasteiger partial charge on any atom is 0.0150 e. The van der Waals surface area contributed by atoms with Crippen LogP contribution in [0, 0.1) is 0 Å². The van der Waals surface area contributed by atoms with Crippen LogP contribution in [-0.2, 0) is 0 Å². The molecule has 1 aliphatic heterocycles. The van der Waals surface area contributed by atoms with Crippen molar-refractivity contribution in [3.63, 3.8) is 0 Å². The number of nitrogens with two attached hydrogens (primary N) is 1. The molecule has 2 rings (SSSR count). The van der Waals surface area contributed by atoms with Crippen LogP contribution in [0.1, 0.15) is 58.3 Å². The molecule has 1 saturated carbocycles. The molecule has 0 atom stereocenters. The van der Waals surface area contributed by atoms with E-state index < -0.39 is 0 Å². The predicted octanol–water partition coefficient (Wildman–Crippen LogP) is 2.52. The standard InChI is InChI=1S/C13H26N2/c1-13(14)8-10-15(11-9-13)12-6-4-2-3-5-7-12/h12H,2-11,14H2,1H3. The summed E-state index contributed by atoms with van der Waals surface area (Å²) in [5, 5.41) is 0. The topological polar surface area (TPSA) is 29.3 Å². The van der Waals surface area contributed by atoms with Gasteiger partial charge in [-0.25, -0.2) is 0 Å². The molecule has 2 heteroatoms. The molecule has 0 aromatic rings. The second-order valence-electron chi connectivity index (χ2n) is 5.84. The largest absolute Gasteiger partial charge is 0.325 e. The van der Waals surface area contributed by atoms with E-state index in [2.05, 4.69) is 11.8 Å². The fourth-order valence-corrected chi connectivity index (χ4v) is 3.02. The second-order valence-corrected chi connectivity index (χ2v) is 5.84. The van der Waals surface area contributed by atoms with Crippen molar-refractivity contribution in [3.05, 3.63) is 0 Å². The smallest absolute Gasteiger partial charge is 0.0150 e. The molecule has 0 radical (unpaired) electrons. The summed E-state index contributed by atoms with van der Waals surface area (Å²) < 4.78 is 0. The van der Waals surface area contributed by atoms with Gasteiger partial charge in [0.1, 0.15) is 0 Å². The molecule has 2 fully saturated rings. The van der Waals surface area contributed by atoms with E-state index in [-0.39, 0.29) is 5.54 Å². The maximum atomic E-state index is 6.17. The van der Waals surface area contributed by atoms with E-state index in [1.165, 1.54) is 64.5 Å². The van der Waals surface area contributed by atoms with E-state index in [9.17, 15) is 0 Å². The maximum absolute atomic E-state index is 6.17. The van der Waals surface area contributed by atoms with Crippen LogP contribution in [-0.4, -0.2) is 29.6 Å². The highest BCUT2D eigenvalue weighted by Gasteiger charge is 2.29. The van der Waals surface area contributed by atoms with Crippen molar-refractivity contribution >= 4 is 0 Å². The van der Waals surface area contributed by atoms with Crippen LogP contribution in [0.5, 0.6) is 0 Å². The van der Waals surface area contributed by atoms with Gasteiger partial charge in [-0.3, -0.25) is 0 Å². The van der Waals surface area contributed by atoms with Crippen LogP contribution in [0.2, 0.25) is 0 Å². The molecule has 0 amide bonds. The number of hydrogen-bond acceptors (Lipinski definition) is 2. The van der Waals surface area contributed by atoms with Crippen LogP contribution >= 0.6 is 0 Å². The highest BCUT2D eigenvalue weighted by atomic mass is 15.2. The summed E-state index contributed by atoms with van der Waals surface area (Å²) in [4.78, 5) is 2.71. The Labute approximate surface area is 94.2 Å². The quantitative estimate of drug-likeness (QED) is 0.674. The van der Waals surface area contributed by atoms with Crippen LogP contribution < -0.4 is 5.73 Å². The average molecular weight is 210 g/mol. The molecule has 0 spiro atoms. The summed E-state index contributed by atoms with van der Waals surface area (Å²) in [5.74, 6) is 0. The monoisotopic (exact) mass is 210 g/mol. The van der Waals surface area contributed by atoms with Crippen molar-refractivity contribution in [2.24, 2.45) is 5.73 Å². The van der Waals surface area contributed by atoms with Gasteiger partial charge in [0.25, 0.3) is 0 Å². The average Bonchev–Trinajstić information content (AvgIpc) is 2.46. The minimum Gasteiger partial charge on any atom is -0.325 e. The zero-order valence-corrected chi connectivity index (χ0v) is 10.2. The highest BCUT2D eigenvalue weighted by Crippen LogP contribution is 2.26. The Hall–Kier alpha value is -0.0800. The summed E-state index contributed by atoms with van der Waals surface area (Å²) in [6, 6.07) is 0.878. The Balaban J connectivity index is 1.83. The number of nitrogens with zero attached hydrogens (tertiary/aromatic N) is 1. The van der Waals surface area contributed by atoms with Crippen molar-refractivity contribution in [1.29, 1.82) is 0 Å². The molecule has 0 aromatic carbocycles. The van der Waals surface area contributed by atoms with Crippen molar-refractivity contribution < 1.29 is 0 Å². The molecule has 1 heterocycles. The fraction of sp³-hybridized carbons (Fsp3) is 1.00. The van der Waals surface area contributed by atoms with Crippen molar-refractivity contribution in [2.75, 3.05) is 13.1 Å². The van der Waals surface area contributed by atoms with Gasteiger partial charge in [0, 0.05) is 24.7 Å². The predicted molar refractivity (Wildman–Crippen MR) is 64.9 cm³/mol. The summed E-state index contributed by atoms with van der Waals surface area (Å²) in [6.45, 7) is 4.67. The summed E-state index contributed by atoms with van der Waals surface area (Å²) >= 11 is 0. The van der Waals surface area contributed by atoms with Crippen LogP contribution in [0.4, 0.5) is 0 Å². The molecule has 0 bridgehead atoms. The lowest BCUT2D eigenvalue weighted by Crippen LogP contribution is -2.51. The lowest BCUT2D eigenvalue weighted by molar-refractivity contribution is 0.114. The third kappa shape index (κ3) is 3.18. The fourth-order valence-electron chi connectivity index (χ4n) is 3.02. The molecule has 0 aromatic heterocycles. The first kappa shape index (κ1) is 11.4. The minimum absolute atomic E-state index is 0.112. The van der Waals surface area contributed by atoms with E-state index in [4.69, 9.17) is 5.73 Å². The minimum atomic E-state index is 0.112. The summed E-state index contributed by atoms with van der Waals surface area (Å²) in [7, 11) is 0. The molecule has 2 nitrogen and oxygen atoms in total. The van der Waals surface area contributed by atoms with E-state index in [1.807, 2.05) is 0 Å². The van der Waals surface area contributed by atoms with Gasteiger partial charge in [0.15, 0.2) is 0 Å². The van der Waals surface area contributed by atoms with Crippen LogP contribution in [0.3, 0.4) is 0 Å². The third-order valence-electron chi connectivity index (χ3n) is 4.28. The lowest BCUT2D eigenvalue weighted by atomic mass is 9.89. The molecule has 1 saturated heterocycles. The molecular weight excluding hydrogens is 184 g/mol. The van der Waals surface area contributed by atoms with E-state index >= 15 is 0 Å². The molecule has 2 aliphatic rings. The first-order valence-electron chi connectivity index (χ1n) is 6.70. The van der Waals surface area contributed by atoms with Crippen molar-refractivity contribution in [1.82, 2.24) is 4.90 Å². The van der Waals surface area contributed by atoms with Gasteiger partial charge in [-0.2, -0.15) is 0 Å². The number of hydrogen-bond donors (Lipinski definition) is 1. The Morgan fingerprint density at radius 2 is 1.53 bits per heavy atom. The summed E-state index contributed by atoms with van der Waals surface area (Å²) in [6.07, 6.45) is 11.0. The van der Waals surface area contributed by atoms with Crippen LogP contribution in [0.25, 0.3) is 0 Å². The Bertz CT molecular complexity index is 183. The summed E-state index contributed by atoms with van der Waals surface area (Å²) in [5.41, 5.74) is 6.29. The zero-order valence-electron chi connectivity index (χ0n) is 10.2. The van der Waals surface area contributed by atoms with E-state index in [0.29, 0.717) is 0 Å². The number of likely N-dealkylation sites (tertiary alicyclic amines) is 1. The van der Waals surface area contributed by atoms with Gasteiger partial charge in [0.05, 0.1) is 0 Å². The SMILES string of the molecule is CC1(N)CCN(C2CCCCCC2)CC1. The highest BCUT2D eigenvalue weighted by molar-refractivity contribution is 4.88. The van der Waals surface area contributed by atoms with Gasteiger partial charge in [-0.1, -0.05) is 25.7 Å². The molecular formula is C13H26N2. The van der Waals surface area contributed by atoms with Crippen molar-refractivity contribution in [2.45, 2.75) is 69.9 Å². The van der Waals surface area contributed by atoms with Crippen molar-refractivity contribution in [3.8, 4) is 0 Å². The molecule has 15 heavy (non-hydrogen) atoms. The van der Waals surface area contributed by atoms with Gasteiger partial charge < -0.3 is 10.6 Å². The normalized spacial score (nSPS) is 30.0. The van der Waals surface area contributed by atoms with Gasteiger partial charge in [0.2, 0.25) is 0 Å². The van der Waals surface area contributed by atoms with Gasteiger partial charge in [-0.05, 0) is 32.6 Å². The molecule has 0 unspecified atom stereocenters. The Morgan fingerprint density at radius 3 is 2.07 bits per heavy atom. The Morgan fingerprint density at radius 1 is 1.00 bits per heavy atom. The van der Waals surface area contributed by atoms with Gasteiger partial charge in [-0.15, -0.1) is 0 Å².